The minimum Gasteiger partial charge on any atom is -0.312 e. The smallest absolute Gasteiger partial charge is 0.269 e. The summed E-state index contributed by atoms with van der Waals surface area (Å²) in [6.45, 7) is 3.81. The minimum absolute atomic E-state index is 0.180. The molecule has 1 aromatic carbocycles. The zero-order valence-electron chi connectivity index (χ0n) is 7.99. The molecule has 0 spiro atoms. The molecule has 1 aliphatic heterocycles. The first-order chi connectivity index (χ1) is 6.68. The zero-order valence-corrected chi connectivity index (χ0v) is 7.99. The molecule has 1 unspecified atom stereocenters. The van der Waals surface area contributed by atoms with Gasteiger partial charge in [0, 0.05) is 25.2 Å². The van der Waals surface area contributed by atoms with E-state index in [0.29, 0.717) is 5.92 Å². The van der Waals surface area contributed by atoms with Crippen molar-refractivity contribution in [3.63, 3.8) is 0 Å². The largest absolute Gasteiger partial charge is 0.312 e. The number of rotatable bonds is 1. The molecule has 4 heteroatoms. The monoisotopic (exact) mass is 192 g/mol. The molecule has 0 amide bonds. The number of nitro groups is 1. The molecule has 1 aliphatic rings. The second-order valence-electron chi connectivity index (χ2n) is 3.67. The summed E-state index contributed by atoms with van der Waals surface area (Å²) in [5.74, 6) is 0.444. The van der Waals surface area contributed by atoms with Gasteiger partial charge in [-0.1, -0.05) is 13.0 Å². The summed E-state index contributed by atoms with van der Waals surface area (Å²) in [4.78, 5) is 10.2. The Labute approximate surface area is 82.1 Å². The van der Waals surface area contributed by atoms with Crippen LogP contribution >= 0.6 is 0 Å². The van der Waals surface area contributed by atoms with Crippen LogP contribution in [0.4, 0.5) is 5.69 Å². The molecule has 1 aromatic rings. The minimum atomic E-state index is -0.348. The molecule has 0 radical (unpaired) electrons. The van der Waals surface area contributed by atoms with Gasteiger partial charge in [-0.2, -0.15) is 0 Å². The maximum absolute atomic E-state index is 10.6. The van der Waals surface area contributed by atoms with Crippen molar-refractivity contribution in [2.75, 3.05) is 6.54 Å². The number of nitro benzene ring substituents is 1. The topological polar surface area (TPSA) is 55.2 Å². The van der Waals surface area contributed by atoms with Crippen molar-refractivity contribution in [1.29, 1.82) is 0 Å². The zero-order chi connectivity index (χ0) is 10.1. The van der Waals surface area contributed by atoms with Crippen LogP contribution in [0.2, 0.25) is 0 Å². The molecular formula is C10H12N2O2. The van der Waals surface area contributed by atoms with Crippen LogP contribution in [0.1, 0.15) is 24.0 Å². The highest BCUT2D eigenvalue weighted by atomic mass is 16.6. The average Bonchev–Trinajstić information content (AvgIpc) is 2.17. The average molecular weight is 192 g/mol. The number of nitrogens with zero attached hydrogens (tertiary/aromatic N) is 1. The van der Waals surface area contributed by atoms with Gasteiger partial charge < -0.3 is 5.32 Å². The van der Waals surface area contributed by atoms with E-state index in [4.69, 9.17) is 0 Å². The van der Waals surface area contributed by atoms with Gasteiger partial charge in [-0.15, -0.1) is 0 Å². The van der Waals surface area contributed by atoms with Gasteiger partial charge in [0.05, 0.1) is 4.92 Å². The molecule has 4 nitrogen and oxygen atoms in total. The van der Waals surface area contributed by atoms with E-state index in [2.05, 4.69) is 12.2 Å². The van der Waals surface area contributed by atoms with Crippen LogP contribution in [0.3, 0.4) is 0 Å². The molecule has 0 saturated heterocycles. The number of benzene rings is 1. The molecule has 1 atom stereocenters. The molecule has 2 rings (SSSR count). The highest BCUT2D eigenvalue weighted by Gasteiger charge is 2.18. The highest BCUT2D eigenvalue weighted by Crippen LogP contribution is 2.26. The van der Waals surface area contributed by atoms with Crippen molar-refractivity contribution < 1.29 is 4.92 Å². The number of hydrogen-bond donors (Lipinski definition) is 1. The third-order valence-corrected chi connectivity index (χ3v) is 2.63. The molecule has 0 fully saturated rings. The van der Waals surface area contributed by atoms with Crippen LogP contribution in [0.25, 0.3) is 0 Å². The van der Waals surface area contributed by atoms with Gasteiger partial charge in [-0.3, -0.25) is 10.1 Å². The molecular weight excluding hydrogens is 180 g/mol. The Bertz CT molecular complexity index is 376. The van der Waals surface area contributed by atoms with E-state index in [0.717, 1.165) is 18.7 Å². The molecule has 0 saturated carbocycles. The number of non-ortho nitro benzene ring substituents is 1. The van der Waals surface area contributed by atoms with Crippen LogP contribution in [0, 0.1) is 10.1 Å². The Morgan fingerprint density at radius 3 is 3.07 bits per heavy atom. The van der Waals surface area contributed by atoms with Crippen LogP contribution in [-0.2, 0) is 6.54 Å². The fourth-order valence-corrected chi connectivity index (χ4v) is 1.87. The number of nitrogens with one attached hydrogen (secondary N) is 1. The van der Waals surface area contributed by atoms with Crippen molar-refractivity contribution in [2.45, 2.75) is 19.4 Å². The van der Waals surface area contributed by atoms with E-state index < -0.39 is 0 Å². The third-order valence-electron chi connectivity index (χ3n) is 2.63. The second-order valence-corrected chi connectivity index (χ2v) is 3.67. The Morgan fingerprint density at radius 1 is 1.57 bits per heavy atom. The number of hydrogen-bond acceptors (Lipinski definition) is 3. The molecule has 74 valence electrons. The van der Waals surface area contributed by atoms with Crippen molar-refractivity contribution in [2.24, 2.45) is 0 Å². The lowest BCUT2D eigenvalue weighted by Crippen LogP contribution is -2.26. The fourth-order valence-electron chi connectivity index (χ4n) is 1.87. The fraction of sp³-hybridized carbons (Fsp3) is 0.400. The van der Waals surface area contributed by atoms with Crippen LogP contribution < -0.4 is 5.32 Å². The normalized spacial score (nSPS) is 20.2. The predicted octanol–water partition coefficient (Wildman–Crippen LogP) is 1.80. The highest BCUT2D eigenvalue weighted by molar-refractivity contribution is 5.42. The number of fused-ring (bicyclic) bond motifs is 1. The van der Waals surface area contributed by atoms with Gasteiger partial charge in [0.1, 0.15) is 0 Å². The molecule has 1 heterocycles. The third kappa shape index (κ3) is 1.48. The maximum atomic E-state index is 10.6. The summed E-state index contributed by atoms with van der Waals surface area (Å²) in [5, 5.41) is 13.8. The Hall–Kier alpha value is -1.42. The van der Waals surface area contributed by atoms with Crippen molar-refractivity contribution in [1.82, 2.24) is 5.32 Å². The van der Waals surface area contributed by atoms with Gasteiger partial charge in [-0.05, 0) is 17.0 Å². The van der Waals surface area contributed by atoms with E-state index >= 15 is 0 Å². The maximum Gasteiger partial charge on any atom is 0.269 e. The van der Waals surface area contributed by atoms with E-state index in [1.165, 1.54) is 5.56 Å². The van der Waals surface area contributed by atoms with E-state index in [-0.39, 0.29) is 10.6 Å². The van der Waals surface area contributed by atoms with E-state index in [1.54, 1.807) is 12.1 Å². The molecule has 0 aromatic heterocycles. The van der Waals surface area contributed by atoms with Crippen molar-refractivity contribution in [3.8, 4) is 0 Å². The summed E-state index contributed by atoms with van der Waals surface area (Å²) in [6, 6.07) is 5.12. The van der Waals surface area contributed by atoms with E-state index in [9.17, 15) is 10.1 Å². The van der Waals surface area contributed by atoms with Gasteiger partial charge in [0.25, 0.3) is 5.69 Å². The lowest BCUT2D eigenvalue weighted by atomic mass is 9.92. The first-order valence-electron chi connectivity index (χ1n) is 4.66. The summed E-state index contributed by atoms with van der Waals surface area (Å²) < 4.78 is 0. The van der Waals surface area contributed by atoms with Gasteiger partial charge >= 0.3 is 0 Å². The van der Waals surface area contributed by atoms with Crippen LogP contribution in [0.15, 0.2) is 18.2 Å². The summed E-state index contributed by atoms with van der Waals surface area (Å²) in [6.07, 6.45) is 0. The summed E-state index contributed by atoms with van der Waals surface area (Å²) in [5.41, 5.74) is 2.46. The Balaban J connectivity index is 2.44. The van der Waals surface area contributed by atoms with Crippen LogP contribution in [0.5, 0.6) is 0 Å². The first-order valence-corrected chi connectivity index (χ1v) is 4.66. The first kappa shape index (κ1) is 9.15. The summed E-state index contributed by atoms with van der Waals surface area (Å²) in [7, 11) is 0. The standard InChI is InChI=1S/C10H12N2O2/c1-7-5-11-6-8-4-9(12(13)14)2-3-10(7)8/h2-4,7,11H,5-6H2,1H3. The summed E-state index contributed by atoms with van der Waals surface area (Å²) >= 11 is 0. The Kier molecular flexibility index (Phi) is 2.21. The van der Waals surface area contributed by atoms with Crippen molar-refractivity contribution >= 4 is 5.69 Å². The molecule has 1 N–H and O–H groups in total. The molecule has 14 heavy (non-hydrogen) atoms. The van der Waals surface area contributed by atoms with Gasteiger partial charge in [0.2, 0.25) is 0 Å². The van der Waals surface area contributed by atoms with E-state index in [1.807, 2.05) is 6.07 Å². The molecule has 0 aliphatic carbocycles. The van der Waals surface area contributed by atoms with Crippen molar-refractivity contribution in [3.05, 3.63) is 39.4 Å². The lowest BCUT2D eigenvalue weighted by Gasteiger charge is -2.22. The second kappa shape index (κ2) is 3.38. The Morgan fingerprint density at radius 2 is 2.36 bits per heavy atom. The van der Waals surface area contributed by atoms with Gasteiger partial charge in [0.15, 0.2) is 0 Å². The molecule has 0 bridgehead atoms. The predicted molar refractivity (Wildman–Crippen MR) is 53.2 cm³/mol. The van der Waals surface area contributed by atoms with Crippen LogP contribution in [-0.4, -0.2) is 11.5 Å². The SMILES string of the molecule is CC1CNCc2cc([N+](=O)[O-])ccc21. The quantitative estimate of drug-likeness (QED) is 0.545. The van der Waals surface area contributed by atoms with Gasteiger partial charge in [-0.25, -0.2) is 0 Å². The lowest BCUT2D eigenvalue weighted by molar-refractivity contribution is -0.384.